The van der Waals surface area contributed by atoms with Crippen LogP contribution >= 0.6 is 0 Å². The lowest BCUT2D eigenvalue weighted by molar-refractivity contribution is 0.317. The summed E-state index contributed by atoms with van der Waals surface area (Å²) in [4.78, 5) is 4.37. The quantitative estimate of drug-likeness (QED) is 0.706. The summed E-state index contributed by atoms with van der Waals surface area (Å²) in [5.41, 5.74) is -0.0429. The molecule has 1 aromatic rings. The third kappa shape index (κ3) is 2.29. The van der Waals surface area contributed by atoms with Crippen LogP contribution in [0.15, 0.2) is 4.52 Å². The molecule has 1 unspecified atom stereocenters. The van der Waals surface area contributed by atoms with Gasteiger partial charge in [0.2, 0.25) is 5.89 Å². The van der Waals surface area contributed by atoms with Crippen molar-refractivity contribution in [2.24, 2.45) is 0 Å². The van der Waals surface area contributed by atoms with E-state index in [2.05, 4.69) is 44.8 Å². The molecule has 0 aliphatic heterocycles. The molecule has 0 saturated carbocycles. The number of nitrogens with zero attached hydrogens (tertiary/aromatic N) is 2. The number of aromatic nitrogens is 2. The molecule has 0 aliphatic carbocycles. The third-order valence-corrected chi connectivity index (χ3v) is 2.14. The van der Waals surface area contributed by atoms with E-state index in [0.29, 0.717) is 5.92 Å². The zero-order valence-electron chi connectivity index (χ0n) is 9.09. The molecule has 1 rings (SSSR count). The first-order valence-corrected chi connectivity index (χ1v) is 4.79. The maximum Gasteiger partial charge on any atom is 0.232 e. The summed E-state index contributed by atoms with van der Waals surface area (Å²) >= 11 is 0. The highest BCUT2D eigenvalue weighted by molar-refractivity contribution is 5.00. The molecule has 13 heavy (non-hydrogen) atoms. The van der Waals surface area contributed by atoms with E-state index in [1.807, 2.05) is 0 Å². The van der Waals surface area contributed by atoms with Crippen LogP contribution in [0.5, 0.6) is 0 Å². The molecule has 74 valence electrons. The maximum atomic E-state index is 5.19. The molecule has 1 aromatic heterocycles. The van der Waals surface area contributed by atoms with Crippen molar-refractivity contribution < 1.29 is 4.52 Å². The van der Waals surface area contributed by atoms with Crippen molar-refractivity contribution in [2.75, 3.05) is 0 Å². The van der Waals surface area contributed by atoms with Gasteiger partial charge in [-0.25, -0.2) is 0 Å². The average molecular weight is 182 g/mol. The molecular formula is C10H18N2O. The highest BCUT2D eigenvalue weighted by Crippen LogP contribution is 2.22. The summed E-state index contributed by atoms with van der Waals surface area (Å²) in [5, 5.41) is 3.97. The van der Waals surface area contributed by atoms with Crippen molar-refractivity contribution in [3.8, 4) is 0 Å². The van der Waals surface area contributed by atoms with Crippen LogP contribution in [0.4, 0.5) is 0 Å². The van der Waals surface area contributed by atoms with E-state index < -0.39 is 0 Å². The Labute approximate surface area is 79.5 Å². The summed E-state index contributed by atoms with van der Waals surface area (Å²) < 4.78 is 5.19. The molecule has 3 nitrogen and oxygen atoms in total. The first-order chi connectivity index (χ1) is 5.95. The van der Waals surface area contributed by atoms with Crippen LogP contribution in [0.3, 0.4) is 0 Å². The van der Waals surface area contributed by atoms with Gasteiger partial charge in [0.05, 0.1) is 0 Å². The van der Waals surface area contributed by atoms with E-state index in [4.69, 9.17) is 4.52 Å². The first-order valence-electron chi connectivity index (χ1n) is 4.79. The Bertz CT molecular complexity index is 273. The molecular weight excluding hydrogens is 164 g/mol. The summed E-state index contributed by atoms with van der Waals surface area (Å²) in [5.74, 6) is 1.94. The predicted octanol–water partition coefficient (Wildman–Crippen LogP) is 2.88. The molecule has 0 saturated heterocycles. The molecule has 3 heteroatoms. The summed E-state index contributed by atoms with van der Waals surface area (Å²) in [6, 6.07) is 0. The highest BCUT2D eigenvalue weighted by Gasteiger charge is 2.22. The normalized spacial score (nSPS) is 14.5. The fourth-order valence-corrected chi connectivity index (χ4v) is 0.922. The largest absolute Gasteiger partial charge is 0.339 e. The van der Waals surface area contributed by atoms with E-state index in [-0.39, 0.29) is 5.41 Å². The second kappa shape index (κ2) is 3.48. The highest BCUT2D eigenvalue weighted by atomic mass is 16.5. The summed E-state index contributed by atoms with van der Waals surface area (Å²) in [7, 11) is 0. The Morgan fingerprint density at radius 1 is 1.38 bits per heavy atom. The fourth-order valence-electron chi connectivity index (χ4n) is 0.922. The predicted molar refractivity (Wildman–Crippen MR) is 51.7 cm³/mol. The SMILES string of the molecule is CCC(C)c1noc(C(C)(C)C)n1. The van der Waals surface area contributed by atoms with Crippen LogP contribution in [0, 0.1) is 0 Å². The Balaban J connectivity index is 2.87. The van der Waals surface area contributed by atoms with Gasteiger partial charge in [-0.2, -0.15) is 4.98 Å². The Morgan fingerprint density at radius 3 is 2.38 bits per heavy atom. The monoisotopic (exact) mass is 182 g/mol. The molecule has 0 aliphatic rings. The van der Waals surface area contributed by atoms with Gasteiger partial charge in [0, 0.05) is 11.3 Å². The molecule has 0 spiro atoms. The summed E-state index contributed by atoms with van der Waals surface area (Å²) in [6.45, 7) is 10.4. The average Bonchev–Trinajstić information content (AvgIpc) is 2.50. The fraction of sp³-hybridized carbons (Fsp3) is 0.800. The second-order valence-corrected chi connectivity index (χ2v) is 4.52. The minimum atomic E-state index is -0.0429. The summed E-state index contributed by atoms with van der Waals surface area (Å²) in [6.07, 6.45) is 1.04. The number of rotatable bonds is 2. The molecule has 0 fully saturated rings. The molecule has 0 radical (unpaired) electrons. The number of hydrogen-bond acceptors (Lipinski definition) is 3. The van der Waals surface area contributed by atoms with Crippen LogP contribution in [0.1, 0.15) is 58.7 Å². The lowest BCUT2D eigenvalue weighted by Gasteiger charge is -2.10. The van der Waals surface area contributed by atoms with Crippen molar-refractivity contribution in [2.45, 2.75) is 52.4 Å². The molecule has 0 N–H and O–H groups in total. The minimum Gasteiger partial charge on any atom is -0.339 e. The first kappa shape index (κ1) is 10.2. The van der Waals surface area contributed by atoms with Crippen molar-refractivity contribution >= 4 is 0 Å². The molecule has 0 bridgehead atoms. The molecule has 0 amide bonds. The van der Waals surface area contributed by atoms with Gasteiger partial charge in [0.25, 0.3) is 0 Å². The van der Waals surface area contributed by atoms with Gasteiger partial charge in [-0.1, -0.05) is 39.8 Å². The zero-order valence-corrected chi connectivity index (χ0v) is 9.09. The topological polar surface area (TPSA) is 38.9 Å². The lowest BCUT2D eigenvalue weighted by atomic mass is 9.97. The Hall–Kier alpha value is -0.860. The van der Waals surface area contributed by atoms with Gasteiger partial charge in [-0.15, -0.1) is 0 Å². The van der Waals surface area contributed by atoms with Gasteiger partial charge in [0.1, 0.15) is 0 Å². The van der Waals surface area contributed by atoms with E-state index in [1.165, 1.54) is 0 Å². The Morgan fingerprint density at radius 2 is 2.00 bits per heavy atom. The minimum absolute atomic E-state index is 0.0429. The molecule has 1 heterocycles. The van der Waals surface area contributed by atoms with Gasteiger partial charge in [0.15, 0.2) is 5.82 Å². The van der Waals surface area contributed by atoms with Crippen LogP contribution in [0.25, 0.3) is 0 Å². The van der Waals surface area contributed by atoms with Gasteiger partial charge >= 0.3 is 0 Å². The van der Waals surface area contributed by atoms with Crippen LogP contribution in [0.2, 0.25) is 0 Å². The van der Waals surface area contributed by atoms with E-state index in [0.717, 1.165) is 18.1 Å². The van der Waals surface area contributed by atoms with E-state index in [1.54, 1.807) is 0 Å². The van der Waals surface area contributed by atoms with Crippen molar-refractivity contribution in [1.82, 2.24) is 10.1 Å². The lowest BCUT2D eigenvalue weighted by Crippen LogP contribution is -2.11. The van der Waals surface area contributed by atoms with Gasteiger partial charge < -0.3 is 4.52 Å². The van der Waals surface area contributed by atoms with Crippen molar-refractivity contribution in [3.05, 3.63) is 11.7 Å². The van der Waals surface area contributed by atoms with Crippen LogP contribution < -0.4 is 0 Å². The second-order valence-electron chi connectivity index (χ2n) is 4.52. The molecule has 1 atom stereocenters. The Kier molecular flexibility index (Phi) is 2.74. The van der Waals surface area contributed by atoms with Crippen LogP contribution in [-0.2, 0) is 5.41 Å². The maximum absolute atomic E-state index is 5.19. The van der Waals surface area contributed by atoms with Crippen molar-refractivity contribution in [3.63, 3.8) is 0 Å². The van der Waals surface area contributed by atoms with Gasteiger partial charge in [-0.3, -0.25) is 0 Å². The van der Waals surface area contributed by atoms with E-state index in [9.17, 15) is 0 Å². The standard InChI is InChI=1S/C10H18N2O/c1-6-7(2)8-11-9(13-12-8)10(3,4)5/h7H,6H2,1-5H3. The van der Waals surface area contributed by atoms with Crippen LogP contribution in [-0.4, -0.2) is 10.1 Å². The van der Waals surface area contributed by atoms with Gasteiger partial charge in [-0.05, 0) is 6.42 Å². The molecule has 0 aromatic carbocycles. The number of hydrogen-bond donors (Lipinski definition) is 0. The van der Waals surface area contributed by atoms with E-state index >= 15 is 0 Å². The zero-order chi connectivity index (χ0) is 10.1. The third-order valence-electron chi connectivity index (χ3n) is 2.14. The van der Waals surface area contributed by atoms with Crippen molar-refractivity contribution in [1.29, 1.82) is 0 Å². The smallest absolute Gasteiger partial charge is 0.232 e.